The van der Waals surface area contributed by atoms with Gasteiger partial charge in [0.15, 0.2) is 11.6 Å². The van der Waals surface area contributed by atoms with Crippen LogP contribution in [-0.2, 0) is 6.54 Å². The van der Waals surface area contributed by atoms with Gasteiger partial charge in [0, 0.05) is 31.4 Å². The monoisotopic (exact) mass is 300 g/mol. The number of likely N-dealkylation sites (tertiary alicyclic amines) is 1. The Kier molecular flexibility index (Phi) is 5.01. The molecule has 1 aliphatic heterocycles. The summed E-state index contributed by atoms with van der Waals surface area (Å²) in [5.74, 6) is 0.516. The van der Waals surface area contributed by atoms with Gasteiger partial charge in [0.1, 0.15) is 0 Å². The summed E-state index contributed by atoms with van der Waals surface area (Å²) in [5, 5.41) is 0. The fraction of sp³-hybridized carbons (Fsp3) is 0.389. The maximum atomic E-state index is 13.6. The molecule has 1 aliphatic rings. The molecule has 22 heavy (non-hydrogen) atoms. The molecule has 0 aliphatic carbocycles. The van der Waals surface area contributed by atoms with E-state index < -0.39 is 0 Å². The van der Waals surface area contributed by atoms with Gasteiger partial charge in [-0.1, -0.05) is 18.2 Å². The lowest BCUT2D eigenvalue weighted by Gasteiger charge is -2.32. The molecule has 0 radical (unpaired) electrons. The quantitative estimate of drug-likeness (QED) is 0.845. The van der Waals surface area contributed by atoms with Crippen molar-refractivity contribution < 1.29 is 9.13 Å². The third-order valence-electron chi connectivity index (χ3n) is 4.04. The number of piperidine rings is 1. The summed E-state index contributed by atoms with van der Waals surface area (Å²) in [6.45, 7) is 3.59. The van der Waals surface area contributed by atoms with E-state index in [9.17, 15) is 4.39 Å². The number of hydrogen-bond acceptors (Lipinski definition) is 3. The highest BCUT2D eigenvalue weighted by Gasteiger charge is 2.21. The average molecular weight is 300 g/mol. The van der Waals surface area contributed by atoms with Crippen LogP contribution in [0.4, 0.5) is 4.39 Å². The third kappa shape index (κ3) is 4.04. The van der Waals surface area contributed by atoms with Crippen molar-refractivity contribution in [3.63, 3.8) is 0 Å². The molecule has 116 valence electrons. The van der Waals surface area contributed by atoms with E-state index in [1.165, 1.54) is 11.6 Å². The predicted octanol–water partition coefficient (Wildman–Crippen LogP) is 3.51. The second kappa shape index (κ2) is 7.36. The van der Waals surface area contributed by atoms with E-state index in [4.69, 9.17) is 4.74 Å². The van der Waals surface area contributed by atoms with Gasteiger partial charge in [-0.25, -0.2) is 4.39 Å². The Morgan fingerprint density at radius 1 is 1.23 bits per heavy atom. The molecule has 0 spiro atoms. The molecule has 1 aromatic carbocycles. The summed E-state index contributed by atoms with van der Waals surface area (Å²) in [7, 11) is 0. The number of aromatic nitrogens is 1. The maximum Gasteiger partial charge on any atom is 0.165 e. The third-order valence-corrected chi connectivity index (χ3v) is 4.04. The molecule has 1 atom stereocenters. The minimum absolute atomic E-state index is 0.287. The Hall–Kier alpha value is -1.94. The lowest BCUT2D eigenvalue weighted by Crippen LogP contribution is -2.37. The molecule has 0 amide bonds. The summed E-state index contributed by atoms with van der Waals surface area (Å²) in [4.78, 5) is 6.59. The molecule has 1 unspecified atom stereocenters. The first kappa shape index (κ1) is 15.0. The van der Waals surface area contributed by atoms with Crippen LogP contribution in [0.25, 0.3) is 0 Å². The molecule has 0 N–H and O–H groups in total. The second-order valence-electron chi connectivity index (χ2n) is 5.85. The zero-order valence-corrected chi connectivity index (χ0v) is 12.6. The number of pyridine rings is 1. The fourth-order valence-electron chi connectivity index (χ4n) is 2.95. The average Bonchev–Trinajstić information content (AvgIpc) is 2.55. The summed E-state index contributed by atoms with van der Waals surface area (Å²) >= 11 is 0. The fourth-order valence-corrected chi connectivity index (χ4v) is 2.95. The molecule has 0 saturated carbocycles. The van der Waals surface area contributed by atoms with E-state index >= 15 is 0 Å². The first-order valence-electron chi connectivity index (χ1n) is 7.80. The molecule has 2 heterocycles. The molecule has 4 heteroatoms. The Balaban J connectivity index is 1.51. The smallest absolute Gasteiger partial charge is 0.165 e. The van der Waals surface area contributed by atoms with Crippen LogP contribution < -0.4 is 4.74 Å². The molecule has 2 aromatic rings. The van der Waals surface area contributed by atoms with Gasteiger partial charge >= 0.3 is 0 Å². The largest absolute Gasteiger partial charge is 0.490 e. The van der Waals surface area contributed by atoms with E-state index in [0.717, 1.165) is 32.5 Å². The highest BCUT2D eigenvalue weighted by atomic mass is 19.1. The van der Waals surface area contributed by atoms with Crippen LogP contribution in [0.15, 0.2) is 48.8 Å². The summed E-state index contributed by atoms with van der Waals surface area (Å²) in [6, 6.07) is 10.7. The summed E-state index contributed by atoms with van der Waals surface area (Å²) < 4.78 is 19.2. The first-order chi connectivity index (χ1) is 10.8. The standard InChI is InChI=1S/C18H21FN2O/c19-17-7-1-2-8-18(17)22-14-16-6-4-10-21(13-16)12-15-5-3-9-20-11-15/h1-3,5,7-9,11,16H,4,6,10,12-14H2. The molecule has 1 saturated heterocycles. The van der Waals surface area contributed by atoms with Gasteiger partial charge < -0.3 is 4.74 Å². The summed E-state index contributed by atoms with van der Waals surface area (Å²) in [5.41, 5.74) is 1.23. The van der Waals surface area contributed by atoms with Crippen molar-refractivity contribution in [3.05, 3.63) is 60.2 Å². The van der Waals surface area contributed by atoms with Crippen molar-refractivity contribution in [2.45, 2.75) is 19.4 Å². The van der Waals surface area contributed by atoms with Crippen LogP contribution >= 0.6 is 0 Å². The molecular weight excluding hydrogens is 279 g/mol. The summed E-state index contributed by atoms with van der Waals surface area (Å²) in [6.07, 6.45) is 6.01. The molecular formula is C18H21FN2O. The van der Waals surface area contributed by atoms with Crippen molar-refractivity contribution in [3.8, 4) is 5.75 Å². The van der Waals surface area contributed by atoms with Crippen LogP contribution in [0.2, 0.25) is 0 Å². The Bertz CT molecular complexity index is 591. The van der Waals surface area contributed by atoms with Crippen LogP contribution in [-0.4, -0.2) is 29.6 Å². The molecule has 3 rings (SSSR count). The second-order valence-corrected chi connectivity index (χ2v) is 5.85. The molecule has 3 nitrogen and oxygen atoms in total. The van der Waals surface area contributed by atoms with Gasteiger partial charge in [-0.2, -0.15) is 0 Å². The number of para-hydroxylation sites is 1. The number of rotatable bonds is 5. The molecule has 1 fully saturated rings. The SMILES string of the molecule is Fc1ccccc1OCC1CCCN(Cc2cccnc2)C1. The number of hydrogen-bond donors (Lipinski definition) is 0. The normalized spacial score (nSPS) is 19.0. The highest BCUT2D eigenvalue weighted by molar-refractivity contribution is 5.23. The van der Waals surface area contributed by atoms with E-state index in [2.05, 4.69) is 16.0 Å². The van der Waals surface area contributed by atoms with Gasteiger partial charge in [0.2, 0.25) is 0 Å². The van der Waals surface area contributed by atoms with Gasteiger partial charge in [-0.3, -0.25) is 9.88 Å². The van der Waals surface area contributed by atoms with Gasteiger partial charge in [-0.05, 0) is 43.1 Å². The van der Waals surface area contributed by atoms with Gasteiger partial charge in [-0.15, -0.1) is 0 Å². The van der Waals surface area contributed by atoms with E-state index in [1.54, 1.807) is 24.4 Å². The van der Waals surface area contributed by atoms with Crippen LogP contribution in [0, 0.1) is 11.7 Å². The van der Waals surface area contributed by atoms with Crippen molar-refractivity contribution in [2.75, 3.05) is 19.7 Å². The molecule has 0 bridgehead atoms. The van der Waals surface area contributed by atoms with Crippen LogP contribution in [0.1, 0.15) is 18.4 Å². The topological polar surface area (TPSA) is 25.4 Å². The Morgan fingerprint density at radius 3 is 2.95 bits per heavy atom. The van der Waals surface area contributed by atoms with Crippen molar-refractivity contribution in [1.82, 2.24) is 9.88 Å². The van der Waals surface area contributed by atoms with Crippen molar-refractivity contribution in [1.29, 1.82) is 0 Å². The van der Waals surface area contributed by atoms with E-state index in [0.29, 0.717) is 18.3 Å². The minimum atomic E-state index is -0.287. The minimum Gasteiger partial charge on any atom is -0.490 e. The van der Waals surface area contributed by atoms with Gasteiger partial charge in [0.05, 0.1) is 6.61 Å². The first-order valence-corrected chi connectivity index (χ1v) is 7.80. The zero-order valence-electron chi connectivity index (χ0n) is 12.6. The highest BCUT2D eigenvalue weighted by Crippen LogP contribution is 2.21. The Morgan fingerprint density at radius 2 is 2.14 bits per heavy atom. The number of ether oxygens (including phenoxy) is 1. The van der Waals surface area contributed by atoms with Crippen molar-refractivity contribution >= 4 is 0 Å². The predicted molar refractivity (Wildman–Crippen MR) is 84.1 cm³/mol. The van der Waals surface area contributed by atoms with Gasteiger partial charge in [0.25, 0.3) is 0 Å². The Labute approximate surface area is 130 Å². The number of halogens is 1. The maximum absolute atomic E-state index is 13.6. The number of benzene rings is 1. The lowest BCUT2D eigenvalue weighted by atomic mass is 9.98. The van der Waals surface area contributed by atoms with Crippen LogP contribution in [0.3, 0.4) is 0 Å². The number of nitrogens with zero attached hydrogens (tertiary/aromatic N) is 2. The van der Waals surface area contributed by atoms with Crippen molar-refractivity contribution in [2.24, 2.45) is 5.92 Å². The zero-order chi connectivity index (χ0) is 15.2. The van der Waals surface area contributed by atoms with E-state index in [1.807, 2.05) is 12.3 Å². The van der Waals surface area contributed by atoms with Crippen LogP contribution in [0.5, 0.6) is 5.75 Å². The molecule has 1 aromatic heterocycles. The van der Waals surface area contributed by atoms with E-state index in [-0.39, 0.29) is 5.82 Å². The lowest BCUT2D eigenvalue weighted by molar-refractivity contribution is 0.123.